The molecule has 0 unspecified atom stereocenters. The van der Waals surface area contributed by atoms with Crippen LogP contribution >= 0.6 is 0 Å². The second kappa shape index (κ2) is 8.15. The maximum atomic E-state index is 12.8. The predicted molar refractivity (Wildman–Crippen MR) is 97.5 cm³/mol. The van der Waals surface area contributed by atoms with Gasteiger partial charge in [0.25, 0.3) is 0 Å². The Balaban J connectivity index is 2.40. The molecule has 138 valence electrons. The molecule has 0 bridgehead atoms. The number of aromatic nitrogens is 1. The zero-order chi connectivity index (χ0) is 20.1. The number of nitriles is 1. The number of allylic oxidation sites excluding steroid dienone is 1. The molecule has 2 rings (SSSR count). The van der Waals surface area contributed by atoms with Gasteiger partial charge in [0.2, 0.25) is 5.78 Å². The first-order valence-electron chi connectivity index (χ1n) is 8.16. The largest absolute Gasteiger partial charge is 0.478 e. The van der Waals surface area contributed by atoms with Crippen LogP contribution in [0, 0.1) is 25.2 Å². The Morgan fingerprint density at radius 1 is 1.22 bits per heavy atom. The Bertz CT molecular complexity index is 975. The molecule has 0 saturated carbocycles. The third-order valence-electron chi connectivity index (χ3n) is 3.98. The molecule has 1 heterocycles. The molecule has 1 aromatic carbocycles. The molecule has 0 aliphatic carbocycles. The first-order chi connectivity index (χ1) is 12.8. The standard InChI is InChI=1S/C20H18N2O5/c1-4-27-20(26)16-11(2)17(22-12(16)3)18(23)15(10-21)9-13-5-7-14(8-6-13)19(24)25/h5-9,22H,4H2,1-3H3,(H,24,25)/b15-9+. The monoisotopic (exact) mass is 366 g/mol. The number of nitrogens with zero attached hydrogens (tertiary/aromatic N) is 1. The normalized spacial score (nSPS) is 11.0. The number of Topliss-reactive ketones (excluding diaryl/α,β-unsaturated/α-hetero) is 1. The quantitative estimate of drug-likeness (QED) is 0.350. The molecule has 7 heteroatoms. The molecule has 0 radical (unpaired) electrons. The van der Waals surface area contributed by atoms with Crippen LogP contribution < -0.4 is 0 Å². The summed E-state index contributed by atoms with van der Waals surface area (Å²) in [5.74, 6) is -2.16. The number of ether oxygens (including phenoxy) is 1. The fourth-order valence-corrected chi connectivity index (χ4v) is 2.66. The van der Waals surface area contributed by atoms with Gasteiger partial charge in [-0.3, -0.25) is 4.79 Å². The lowest BCUT2D eigenvalue weighted by atomic mass is 10.0. The summed E-state index contributed by atoms with van der Waals surface area (Å²) >= 11 is 0. The summed E-state index contributed by atoms with van der Waals surface area (Å²) in [7, 11) is 0. The van der Waals surface area contributed by atoms with Gasteiger partial charge in [0, 0.05) is 5.69 Å². The van der Waals surface area contributed by atoms with Crippen LogP contribution in [0.2, 0.25) is 0 Å². The average Bonchev–Trinajstić information content (AvgIpc) is 2.94. The smallest absolute Gasteiger partial charge is 0.340 e. The van der Waals surface area contributed by atoms with Gasteiger partial charge in [-0.25, -0.2) is 9.59 Å². The van der Waals surface area contributed by atoms with Crippen molar-refractivity contribution in [2.45, 2.75) is 20.8 Å². The number of carboxylic acids is 1. The van der Waals surface area contributed by atoms with Crippen LogP contribution in [-0.2, 0) is 4.74 Å². The Morgan fingerprint density at radius 2 is 1.85 bits per heavy atom. The van der Waals surface area contributed by atoms with Gasteiger partial charge >= 0.3 is 11.9 Å². The van der Waals surface area contributed by atoms with Gasteiger partial charge in [-0.15, -0.1) is 0 Å². The number of benzene rings is 1. The van der Waals surface area contributed by atoms with Gasteiger partial charge in [-0.1, -0.05) is 12.1 Å². The van der Waals surface area contributed by atoms with E-state index in [1.165, 1.54) is 30.3 Å². The number of aromatic carboxylic acids is 1. The number of ketones is 1. The zero-order valence-corrected chi connectivity index (χ0v) is 15.1. The van der Waals surface area contributed by atoms with E-state index in [-0.39, 0.29) is 29.0 Å². The molecule has 27 heavy (non-hydrogen) atoms. The zero-order valence-electron chi connectivity index (χ0n) is 15.1. The van der Waals surface area contributed by atoms with Crippen molar-refractivity contribution < 1.29 is 24.2 Å². The molecule has 0 spiro atoms. The lowest BCUT2D eigenvalue weighted by Gasteiger charge is -2.03. The summed E-state index contributed by atoms with van der Waals surface area (Å²) < 4.78 is 5.00. The molecule has 0 atom stereocenters. The van der Waals surface area contributed by atoms with Gasteiger partial charge in [-0.2, -0.15) is 5.26 Å². The SMILES string of the molecule is CCOC(=O)c1c(C)[nH]c(C(=O)/C(C#N)=C/c2ccc(C(=O)O)cc2)c1C. The van der Waals surface area contributed by atoms with E-state index in [9.17, 15) is 19.6 Å². The van der Waals surface area contributed by atoms with Crippen molar-refractivity contribution in [1.29, 1.82) is 5.26 Å². The minimum atomic E-state index is -1.06. The summed E-state index contributed by atoms with van der Waals surface area (Å²) in [6.45, 7) is 5.16. The van der Waals surface area contributed by atoms with Crippen molar-refractivity contribution in [3.05, 3.63) is 63.5 Å². The van der Waals surface area contributed by atoms with Gasteiger partial charge in [0.15, 0.2) is 0 Å². The summed E-state index contributed by atoms with van der Waals surface area (Å²) in [5, 5.41) is 18.3. The fourth-order valence-electron chi connectivity index (χ4n) is 2.66. The predicted octanol–water partition coefficient (Wildman–Crippen LogP) is 3.30. The van der Waals surface area contributed by atoms with Crippen LogP contribution in [0.15, 0.2) is 29.8 Å². The molecule has 0 saturated heterocycles. The number of aromatic amines is 1. The minimum absolute atomic E-state index is 0.104. The molecule has 2 aromatic rings. The first-order valence-corrected chi connectivity index (χ1v) is 8.16. The van der Waals surface area contributed by atoms with E-state index in [4.69, 9.17) is 9.84 Å². The maximum absolute atomic E-state index is 12.8. The number of aryl methyl sites for hydroxylation is 1. The van der Waals surface area contributed by atoms with Crippen molar-refractivity contribution in [2.24, 2.45) is 0 Å². The molecule has 7 nitrogen and oxygen atoms in total. The van der Waals surface area contributed by atoms with E-state index in [2.05, 4.69) is 4.98 Å². The molecular weight excluding hydrogens is 348 g/mol. The number of carboxylic acid groups (broad SMARTS) is 1. The van der Waals surface area contributed by atoms with Crippen molar-refractivity contribution in [3.63, 3.8) is 0 Å². The number of H-pyrrole nitrogens is 1. The van der Waals surface area contributed by atoms with Gasteiger partial charge in [0.05, 0.1) is 23.4 Å². The third kappa shape index (κ3) is 4.12. The highest BCUT2D eigenvalue weighted by Gasteiger charge is 2.24. The van der Waals surface area contributed by atoms with Gasteiger partial charge in [0.1, 0.15) is 11.6 Å². The summed E-state index contributed by atoms with van der Waals surface area (Å²) in [6, 6.07) is 7.64. The number of hydrogen-bond donors (Lipinski definition) is 2. The van der Waals surface area contributed by atoms with Crippen LogP contribution in [-0.4, -0.2) is 34.4 Å². The van der Waals surface area contributed by atoms with Crippen molar-refractivity contribution in [3.8, 4) is 6.07 Å². The third-order valence-corrected chi connectivity index (χ3v) is 3.98. The highest BCUT2D eigenvalue weighted by atomic mass is 16.5. The highest BCUT2D eigenvalue weighted by Crippen LogP contribution is 2.22. The highest BCUT2D eigenvalue weighted by molar-refractivity contribution is 6.15. The first kappa shape index (κ1) is 19.7. The van der Waals surface area contributed by atoms with E-state index in [0.717, 1.165) is 0 Å². The van der Waals surface area contributed by atoms with E-state index < -0.39 is 17.7 Å². The second-order valence-electron chi connectivity index (χ2n) is 5.77. The van der Waals surface area contributed by atoms with Crippen LogP contribution in [0.3, 0.4) is 0 Å². The summed E-state index contributed by atoms with van der Waals surface area (Å²) in [4.78, 5) is 38.6. The number of esters is 1. The van der Waals surface area contributed by atoms with Crippen LogP contribution in [0.25, 0.3) is 6.08 Å². The van der Waals surface area contributed by atoms with Crippen molar-refractivity contribution in [1.82, 2.24) is 4.98 Å². The number of hydrogen-bond acceptors (Lipinski definition) is 5. The lowest BCUT2D eigenvalue weighted by Crippen LogP contribution is -2.08. The topological polar surface area (TPSA) is 120 Å². The Labute approximate surface area is 155 Å². The Hall–Kier alpha value is -3.66. The maximum Gasteiger partial charge on any atom is 0.340 e. The average molecular weight is 366 g/mol. The molecule has 0 aliphatic rings. The van der Waals surface area contributed by atoms with Crippen LogP contribution in [0.1, 0.15) is 54.9 Å². The molecule has 1 aromatic heterocycles. The molecule has 2 N–H and O–H groups in total. The fraction of sp³-hybridized carbons (Fsp3) is 0.200. The molecule has 0 fully saturated rings. The van der Waals surface area contributed by atoms with E-state index in [1.54, 1.807) is 20.8 Å². The Morgan fingerprint density at radius 3 is 2.37 bits per heavy atom. The van der Waals surface area contributed by atoms with Crippen LogP contribution in [0.5, 0.6) is 0 Å². The molecule has 0 aliphatic heterocycles. The molecule has 0 amide bonds. The van der Waals surface area contributed by atoms with E-state index >= 15 is 0 Å². The Kier molecular flexibility index (Phi) is 5.93. The summed E-state index contributed by atoms with van der Waals surface area (Å²) in [5.41, 5.74) is 1.80. The van der Waals surface area contributed by atoms with Crippen molar-refractivity contribution in [2.75, 3.05) is 6.61 Å². The number of nitrogens with one attached hydrogen (secondary N) is 1. The molecular formula is C20H18N2O5. The minimum Gasteiger partial charge on any atom is -0.478 e. The second-order valence-corrected chi connectivity index (χ2v) is 5.77. The van der Waals surface area contributed by atoms with Crippen molar-refractivity contribution >= 4 is 23.8 Å². The van der Waals surface area contributed by atoms with Gasteiger partial charge < -0.3 is 14.8 Å². The number of carbonyl (C=O) groups excluding carboxylic acids is 2. The number of carbonyl (C=O) groups is 3. The lowest BCUT2D eigenvalue weighted by molar-refractivity contribution is 0.0524. The van der Waals surface area contributed by atoms with Crippen LogP contribution in [0.4, 0.5) is 0 Å². The van der Waals surface area contributed by atoms with E-state index in [1.807, 2.05) is 6.07 Å². The van der Waals surface area contributed by atoms with Gasteiger partial charge in [-0.05, 0) is 50.1 Å². The summed E-state index contributed by atoms with van der Waals surface area (Å²) in [6.07, 6.45) is 1.37. The number of rotatable bonds is 6. The van der Waals surface area contributed by atoms with E-state index in [0.29, 0.717) is 16.8 Å².